The van der Waals surface area contributed by atoms with Crippen LogP contribution in [0.4, 0.5) is 0 Å². The van der Waals surface area contributed by atoms with Gasteiger partial charge in [0.15, 0.2) is 0 Å². The van der Waals surface area contributed by atoms with Crippen LogP contribution in [-0.2, 0) is 16.5 Å². The van der Waals surface area contributed by atoms with Crippen molar-refractivity contribution in [1.82, 2.24) is 4.90 Å². The minimum Gasteiger partial charge on any atom is -0.872 e. The molecule has 0 bridgehead atoms. The summed E-state index contributed by atoms with van der Waals surface area (Å²) in [6, 6.07) is 11.1. The first-order valence-electron chi connectivity index (χ1n) is 9.06. The van der Waals surface area contributed by atoms with Crippen LogP contribution in [0, 0.1) is 0 Å². The van der Waals surface area contributed by atoms with E-state index in [0.717, 1.165) is 4.47 Å². The maximum absolute atomic E-state index is 11.8. The van der Waals surface area contributed by atoms with E-state index in [1.165, 1.54) is 25.7 Å². The summed E-state index contributed by atoms with van der Waals surface area (Å²) in [6.45, 7) is 11.8. The molecule has 159 valence electrons. The van der Waals surface area contributed by atoms with Gasteiger partial charge in [0.2, 0.25) is 0 Å². The molecular weight excluding hydrogens is 500 g/mol. The van der Waals surface area contributed by atoms with Crippen molar-refractivity contribution in [3.05, 3.63) is 63.1 Å². The standard InChI is InChI=1S/C15H12BrClN2O2.C6H15N.Ni/c1-9(13-8-11(16)4-7-14(13)20)18-19-15(21)10-2-5-12(17)6-3-10;1-4-7(5-2)6-3;/h2-8,20H,1H3,(H,19,21);4-6H2,1-3H3;/q;;+3/p-2/b18-9+;;. The summed E-state index contributed by atoms with van der Waals surface area (Å²) in [5.41, 5.74) is 1.16. The second-order valence-corrected chi connectivity index (χ2v) is 7.21. The molecule has 29 heavy (non-hydrogen) atoms. The molecule has 0 heterocycles. The Balaban J connectivity index is 0.000000846. The van der Waals surface area contributed by atoms with Crippen molar-refractivity contribution in [1.29, 1.82) is 0 Å². The van der Waals surface area contributed by atoms with Crippen LogP contribution in [0.5, 0.6) is 5.75 Å². The van der Waals surface area contributed by atoms with Crippen molar-refractivity contribution in [3.8, 4) is 5.75 Å². The van der Waals surface area contributed by atoms with Crippen LogP contribution in [0.3, 0.4) is 0 Å². The summed E-state index contributed by atoms with van der Waals surface area (Å²) in [4.78, 5) is 2.38. The molecule has 0 fully saturated rings. The van der Waals surface area contributed by atoms with E-state index in [0.29, 0.717) is 21.9 Å². The molecule has 1 radical (unpaired) electrons. The number of halogens is 2. The molecule has 0 saturated carbocycles. The molecule has 0 spiro atoms. The van der Waals surface area contributed by atoms with E-state index >= 15 is 0 Å². The third kappa shape index (κ3) is 9.77. The number of benzene rings is 2. The molecule has 2 aromatic rings. The van der Waals surface area contributed by atoms with Gasteiger partial charge in [0.05, 0.1) is 5.71 Å². The Morgan fingerprint density at radius 2 is 1.55 bits per heavy atom. The topological polar surface area (TPSA) is 74.1 Å². The normalized spacial score (nSPS) is 11.6. The zero-order valence-corrected chi connectivity index (χ0v) is 20.2. The van der Waals surface area contributed by atoms with Gasteiger partial charge in [0.1, 0.15) is 0 Å². The fourth-order valence-electron chi connectivity index (χ4n) is 2.28. The van der Waals surface area contributed by atoms with E-state index in [1.807, 2.05) is 0 Å². The van der Waals surface area contributed by atoms with Crippen molar-refractivity contribution in [2.24, 2.45) is 10.2 Å². The van der Waals surface area contributed by atoms with Crippen LogP contribution in [0.25, 0.3) is 0 Å². The minimum absolute atomic E-state index is 0. The first kappa shape index (κ1) is 27.6. The van der Waals surface area contributed by atoms with Gasteiger partial charge in [-0.2, -0.15) is 10.2 Å². The Morgan fingerprint density at radius 3 is 2.03 bits per heavy atom. The Kier molecular flexibility index (Phi) is 13.9. The Morgan fingerprint density at radius 1 is 1.00 bits per heavy atom. The molecule has 0 amide bonds. The SMILES string of the molecule is C/C(=N\N=C(/[O-])c1ccc(Cl)cc1)c1cc(Br)ccc1[O-].CCN(CC)CC.[Ni+3]. The molecule has 0 aromatic heterocycles. The van der Waals surface area contributed by atoms with Gasteiger partial charge in [-0.1, -0.05) is 72.3 Å². The van der Waals surface area contributed by atoms with Gasteiger partial charge in [-0.3, -0.25) is 0 Å². The predicted octanol–water partition coefficient (Wildman–Crippen LogP) is 4.05. The first-order chi connectivity index (χ1) is 13.3. The van der Waals surface area contributed by atoms with E-state index < -0.39 is 5.90 Å². The van der Waals surface area contributed by atoms with Crippen molar-refractivity contribution in [2.45, 2.75) is 27.7 Å². The van der Waals surface area contributed by atoms with Gasteiger partial charge in [0.25, 0.3) is 0 Å². The molecule has 0 unspecified atom stereocenters. The second-order valence-electron chi connectivity index (χ2n) is 5.86. The Bertz CT molecular complexity index is 805. The monoisotopic (exact) mass is 523 g/mol. The molecule has 0 aliphatic carbocycles. The van der Waals surface area contributed by atoms with Crippen molar-refractivity contribution in [3.63, 3.8) is 0 Å². The molecule has 8 heteroatoms. The van der Waals surface area contributed by atoms with Gasteiger partial charge in [-0.05, 0) is 62.0 Å². The number of hydrogen-bond donors (Lipinski definition) is 0. The van der Waals surface area contributed by atoms with Gasteiger partial charge < -0.3 is 15.1 Å². The fraction of sp³-hybridized carbons (Fsp3) is 0.333. The first-order valence-corrected chi connectivity index (χ1v) is 10.2. The molecule has 0 atom stereocenters. The molecule has 0 saturated heterocycles. The van der Waals surface area contributed by atoms with Crippen LogP contribution < -0.4 is 10.2 Å². The Labute approximate surface area is 196 Å². The van der Waals surface area contributed by atoms with Gasteiger partial charge >= 0.3 is 16.5 Å². The largest absolute Gasteiger partial charge is 3.00 e. The third-order valence-corrected chi connectivity index (χ3v) is 4.80. The van der Waals surface area contributed by atoms with Crippen LogP contribution in [0.15, 0.2) is 57.1 Å². The third-order valence-electron chi connectivity index (χ3n) is 4.06. The smallest absolute Gasteiger partial charge is 0.872 e. The average molecular weight is 526 g/mol. The maximum atomic E-state index is 11.8. The molecule has 0 N–H and O–H groups in total. The number of nitrogens with zero attached hydrogens (tertiary/aromatic N) is 3. The second kappa shape index (κ2) is 14.6. The van der Waals surface area contributed by atoms with E-state index in [9.17, 15) is 10.2 Å². The average Bonchev–Trinajstić information content (AvgIpc) is 2.70. The summed E-state index contributed by atoms with van der Waals surface area (Å²) in [6.07, 6.45) is 0. The maximum Gasteiger partial charge on any atom is 3.00 e. The van der Waals surface area contributed by atoms with Crippen LogP contribution in [0.1, 0.15) is 38.8 Å². The molecule has 0 aliphatic heterocycles. The minimum atomic E-state index is -0.492. The van der Waals surface area contributed by atoms with E-state index in [2.05, 4.69) is 51.8 Å². The summed E-state index contributed by atoms with van der Waals surface area (Å²) in [5.74, 6) is -0.665. The van der Waals surface area contributed by atoms with Crippen LogP contribution in [0.2, 0.25) is 5.02 Å². The quantitative estimate of drug-likeness (QED) is 0.247. The molecule has 0 aliphatic rings. The molecule has 5 nitrogen and oxygen atoms in total. The van der Waals surface area contributed by atoms with Crippen molar-refractivity contribution < 1.29 is 26.7 Å². The molecule has 2 aromatic carbocycles. The van der Waals surface area contributed by atoms with Gasteiger partial charge in [0, 0.05) is 15.4 Å². The zero-order valence-electron chi connectivity index (χ0n) is 16.9. The summed E-state index contributed by atoms with van der Waals surface area (Å²) in [5, 5.41) is 31.6. The summed E-state index contributed by atoms with van der Waals surface area (Å²) < 4.78 is 0.760. The van der Waals surface area contributed by atoms with E-state index in [1.54, 1.807) is 43.3 Å². The summed E-state index contributed by atoms with van der Waals surface area (Å²) >= 11 is 9.03. The predicted molar refractivity (Wildman–Crippen MR) is 117 cm³/mol. The molecular formula is C21H25BrClN3NiO2+. The van der Waals surface area contributed by atoms with E-state index in [4.69, 9.17) is 11.6 Å². The van der Waals surface area contributed by atoms with Crippen molar-refractivity contribution in [2.75, 3.05) is 19.6 Å². The fourth-order valence-corrected chi connectivity index (χ4v) is 2.77. The Hall–Kier alpha value is -1.40. The van der Waals surface area contributed by atoms with Gasteiger partial charge in [-0.15, -0.1) is 0 Å². The van der Waals surface area contributed by atoms with Gasteiger partial charge in [-0.25, -0.2) is 0 Å². The zero-order chi connectivity index (χ0) is 21.1. The molecule has 2 rings (SSSR count). The van der Waals surface area contributed by atoms with Crippen molar-refractivity contribution >= 4 is 39.1 Å². The van der Waals surface area contributed by atoms with E-state index in [-0.39, 0.29) is 22.2 Å². The van der Waals surface area contributed by atoms with Crippen LogP contribution in [-0.4, -0.2) is 36.1 Å². The number of hydrogen-bond acceptors (Lipinski definition) is 5. The number of rotatable bonds is 6. The summed E-state index contributed by atoms with van der Waals surface area (Å²) in [7, 11) is 0. The van der Waals surface area contributed by atoms with Crippen LogP contribution >= 0.6 is 27.5 Å².